The second kappa shape index (κ2) is 5.32. The molecule has 0 aromatic carbocycles. The summed E-state index contributed by atoms with van der Waals surface area (Å²) >= 11 is 0. The van der Waals surface area contributed by atoms with Crippen LogP contribution in [0.4, 0.5) is 5.69 Å². The lowest BCUT2D eigenvalue weighted by Gasteiger charge is -2.27. The molecule has 0 aliphatic carbocycles. The van der Waals surface area contributed by atoms with Gasteiger partial charge in [0.05, 0.1) is 23.7 Å². The topological polar surface area (TPSA) is 36.4 Å². The van der Waals surface area contributed by atoms with Crippen LogP contribution in [-0.2, 0) is 0 Å². The molecule has 2 heterocycles. The van der Waals surface area contributed by atoms with E-state index >= 15 is 0 Å². The third kappa shape index (κ3) is 2.86. The average Bonchev–Trinajstić information content (AvgIpc) is 2.39. The molecular formula is C14H20N2O. The Bertz CT molecular complexity index is 397. The normalized spacial score (nSPS) is 17.8. The lowest BCUT2D eigenvalue weighted by atomic mass is 10.1. The van der Waals surface area contributed by atoms with Gasteiger partial charge >= 0.3 is 0 Å². The molecule has 0 bridgehead atoms. The number of hydrogen-bond acceptors (Lipinski definition) is 3. The van der Waals surface area contributed by atoms with Gasteiger partial charge in [-0.3, -0.25) is 4.98 Å². The Morgan fingerprint density at radius 1 is 1.47 bits per heavy atom. The average molecular weight is 232 g/mol. The van der Waals surface area contributed by atoms with E-state index in [2.05, 4.69) is 29.0 Å². The van der Waals surface area contributed by atoms with Crippen LogP contribution in [0.5, 0.6) is 0 Å². The molecule has 92 valence electrons. The quantitative estimate of drug-likeness (QED) is 0.814. The van der Waals surface area contributed by atoms with Crippen LogP contribution in [-0.4, -0.2) is 23.2 Å². The first-order chi connectivity index (χ1) is 8.20. The molecule has 1 aromatic rings. The van der Waals surface area contributed by atoms with E-state index in [1.54, 1.807) is 0 Å². The van der Waals surface area contributed by atoms with E-state index in [1.807, 2.05) is 19.2 Å². The number of aromatic nitrogens is 1. The van der Waals surface area contributed by atoms with Gasteiger partial charge in [0.25, 0.3) is 0 Å². The first kappa shape index (κ1) is 12.1. The fourth-order valence-corrected chi connectivity index (χ4v) is 2.00. The maximum absolute atomic E-state index is 9.68. The van der Waals surface area contributed by atoms with Crippen molar-refractivity contribution >= 4 is 5.69 Å². The Balaban J connectivity index is 2.08. The minimum absolute atomic E-state index is 0.437. The van der Waals surface area contributed by atoms with Crippen LogP contribution in [0, 0.1) is 0 Å². The van der Waals surface area contributed by atoms with Crippen molar-refractivity contribution in [3.05, 3.63) is 35.7 Å². The van der Waals surface area contributed by atoms with Gasteiger partial charge in [-0.2, -0.15) is 0 Å². The number of hydrogen-bond donors (Lipinski definition) is 1. The fourth-order valence-electron chi connectivity index (χ4n) is 2.00. The number of anilines is 1. The molecule has 0 radical (unpaired) electrons. The Kier molecular flexibility index (Phi) is 3.79. The van der Waals surface area contributed by atoms with E-state index in [4.69, 9.17) is 0 Å². The van der Waals surface area contributed by atoms with Gasteiger partial charge in [-0.1, -0.05) is 18.6 Å². The Morgan fingerprint density at radius 2 is 2.29 bits per heavy atom. The van der Waals surface area contributed by atoms with Gasteiger partial charge in [0.1, 0.15) is 0 Å². The third-order valence-electron chi connectivity index (χ3n) is 3.30. The van der Waals surface area contributed by atoms with E-state index in [0.717, 1.165) is 30.9 Å². The summed E-state index contributed by atoms with van der Waals surface area (Å²) in [4.78, 5) is 6.64. The molecule has 3 heteroatoms. The second-order valence-electron chi connectivity index (χ2n) is 4.61. The van der Waals surface area contributed by atoms with Crippen LogP contribution in [0.2, 0.25) is 0 Å². The van der Waals surface area contributed by atoms with Gasteiger partial charge in [-0.05, 0) is 31.9 Å². The van der Waals surface area contributed by atoms with E-state index in [9.17, 15) is 5.11 Å². The van der Waals surface area contributed by atoms with Gasteiger partial charge in [0.2, 0.25) is 0 Å². The summed E-state index contributed by atoms with van der Waals surface area (Å²) in [7, 11) is 0. The van der Waals surface area contributed by atoms with Gasteiger partial charge in [0.15, 0.2) is 0 Å². The van der Waals surface area contributed by atoms with Gasteiger partial charge < -0.3 is 10.0 Å². The maximum atomic E-state index is 9.68. The van der Waals surface area contributed by atoms with Crippen LogP contribution in [0.25, 0.3) is 0 Å². The molecule has 3 nitrogen and oxygen atoms in total. The number of rotatable bonds is 3. The summed E-state index contributed by atoms with van der Waals surface area (Å²) in [6, 6.07) is 3.98. The van der Waals surface area contributed by atoms with Crippen molar-refractivity contribution in [3.8, 4) is 0 Å². The molecule has 0 saturated heterocycles. The molecule has 17 heavy (non-hydrogen) atoms. The third-order valence-corrected chi connectivity index (χ3v) is 3.30. The summed E-state index contributed by atoms with van der Waals surface area (Å²) in [5, 5.41) is 9.68. The molecule has 1 atom stereocenters. The first-order valence-corrected chi connectivity index (χ1v) is 6.25. The Labute approximate surface area is 103 Å². The molecule has 1 N–H and O–H groups in total. The molecule has 0 fully saturated rings. The number of aliphatic hydroxyl groups is 1. The Hall–Kier alpha value is -1.35. The SMILES string of the molecule is CC[C@H](O)c1ccc(N2CC=C(C)CC2)cn1. The van der Waals surface area contributed by atoms with Gasteiger partial charge in [-0.25, -0.2) is 0 Å². The molecule has 2 rings (SSSR count). The minimum Gasteiger partial charge on any atom is -0.387 e. The highest BCUT2D eigenvalue weighted by atomic mass is 16.3. The largest absolute Gasteiger partial charge is 0.387 e. The molecular weight excluding hydrogens is 212 g/mol. The van der Waals surface area contributed by atoms with Crippen molar-refractivity contribution < 1.29 is 5.11 Å². The van der Waals surface area contributed by atoms with Crippen molar-refractivity contribution in [2.45, 2.75) is 32.8 Å². The second-order valence-corrected chi connectivity index (χ2v) is 4.61. The van der Waals surface area contributed by atoms with Crippen LogP contribution in [0.1, 0.15) is 38.5 Å². The zero-order chi connectivity index (χ0) is 12.3. The predicted molar refractivity (Wildman–Crippen MR) is 70.1 cm³/mol. The summed E-state index contributed by atoms with van der Waals surface area (Å²) in [5.41, 5.74) is 3.37. The zero-order valence-electron chi connectivity index (χ0n) is 10.6. The molecule has 1 aliphatic rings. The number of pyridine rings is 1. The van der Waals surface area contributed by atoms with Gasteiger partial charge in [-0.15, -0.1) is 0 Å². The van der Waals surface area contributed by atoms with Crippen molar-refractivity contribution in [2.24, 2.45) is 0 Å². The fraction of sp³-hybridized carbons (Fsp3) is 0.500. The molecule has 0 spiro atoms. The van der Waals surface area contributed by atoms with Crippen LogP contribution >= 0.6 is 0 Å². The lowest BCUT2D eigenvalue weighted by molar-refractivity contribution is 0.169. The molecule has 1 aliphatic heterocycles. The van der Waals surface area contributed by atoms with Crippen LogP contribution < -0.4 is 4.90 Å². The monoisotopic (exact) mass is 232 g/mol. The van der Waals surface area contributed by atoms with Crippen molar-refractivity contribution in [1.82, 2.24) is 4.98 Å². The van der Waals surface area contributed by atoms with E-state index in [1.165, 1.54) is 5.57 Å². The lowest BCUT2D eigenvalue weighted by Crippen LogP contribution is -2.28. The summed E-state index contributed by atoms with van der Waals surface area (Å²) in [6.07, 6.45) is 5.52. The smallest absolute Gasteiger partial charge is 0.0957 e. The number of aliphatic hydroxyl groups excluding tert-OH is 1. The molecule has 0 amide bonds. The first-order valence-electron chi connectivity index (χ1n) is 6.25. The standard InChI is InChI=1S/C14H20N2O/c1-3-14(17)13-5-4-12(10-15-13)16-8-6-11(2)7-9-16/h4-6,10,14,17H,3,7-9H2,1-2H3/t14-/m0/s1. The Morgan fingerprint density at radius 3 is 2.82 bits per heavy atom. The van der Waals surface area contributed by atoms with Crippen molar-refractivity contribution in [1.29, 1.82) is 0 Å². The number of nitrogens with zero attached hydrogens (tertiary/aromatic N) is 2. The predicted octanol–water partition coefficient (Wildman–Crippen LogP) is 2.68. The van der Waals surface area contributed by atoms with Gasteiger partial charge in [0, 0.05) is 13.1 Å². The van der Waals surface area contributed by atoms with E-state index in [-0.39, 0.29) is 0 Å². The summed E-state index contributed by atoms with van der Waals surface area (Å²) < 4.78 is 0. The highest BCUT2D eigenvalue weighted by molar-refractivity contribution is 5.46. The van der Waals surface area contributed by atoms with Crippen LogP contribution in [0.15, 0.2) is 30.0 Å². The van der Waals surface area contributed by atoms with Crippen molar-refractivity contribution in [3.63, 3.8) is 0 Å². The molecule has 0 saturated carbocycles. The maximum Gasteiger partial charge on any atom is 0.0957 e. The zero-order valence-corrected chi connectivity index (χ0v) is 10.6. The highest BCUT2D eigenvalue weighted by Gasteiger charge is 2.11. The molecule has 0 unspecified atom stereocenters. The minimum atomic E-state index is -0.437. The summed E-state index contributed by atoms with van der Waals surface area (Å²) in [5.74, 6) is 0. The van der Waals surface area contributed by atoms with E-state index in [0.29, 0.717) is 6.42 Å². The van der Waals surface area contributed by atoms with E-state index < -0.39 is 6.10 Å². The summed E-state index contributed by atoms with van der Waals surface area (Å²) in [6.45, 7) is 6.15. The molecule has 1 aromatic heterocycles. The highest BCUT2D eigenvalue weighted by Crippen LogP contribution is 2.21. The van der Waals surface area contributed by atoms with Crippen LogP contribution in [0.3, 0.4) is 0 Å². The van der Waals surface area contributed by atoms with Crippen molar-refractivity contribution in [2.75, 3.05) is 18.0 Å².